The molecule has 1 aliphatic heterocycles. The molecule has 3 rings (SSSR count). The van der Waals surface area contributed by atoms with E-state index in [9.17, 15) is 9.59 Å². The number of anilines is 1. The van der Waals surface area contributed by atoms with Crippen LogP contribution in [0.4, 0.5) is 5.69 Å². The van der Waals surface area contributed by atoms with Crippen molar-refractivity contribution in [2.45, 2.75) is 32.6 Å². The smallest absolute Gasteiger partial charge is 0.227 e. The summed E-state index contributed by atoms with van der Waals surface area (Å²) in [4.78, 5) is 24.4. The fourth-order valence-corrected chi connectivity index (χ4v) is 3.48. The van der Waals surface area contributed by atoms with Gasteiger partial charge in [0.2, 0.25) is 11.8 Å². The van der Waals surface area contributed by atoms with Crippen molar-refractivity contribution in [1.82, 2.24) is 5.32 Å². The summed E-state index contributed by atoms with van der Waals surface area (Å²) in [6.07, 6.45) is 2.31. The molecule has 0 aliphatic carbocycles. The Morgan fingerprint density at radius 1 is 1.26 bits per heavy atom. The summed E-state index contributed by atoms with van der Waals surface area (Å²) < 4.78 is 5.37. The molecule has 2 amide bonds. The van der Waals surface area contributed by atoms with E-state index in [0.717, 1.165) is 22.6 Å². The van der Waals surface area contributed by atoms with E-state index in [1.807, 2.05) is 43.3 Å². The van der Waals surface area contributed by atoms with Gasteiger partial charge in [0.1, 0.15) is 5.75 Å². The van der Waals surface area contributed by atoms with E-state index in [1.165, 1.54) is 5.56 Å². The van der Waals surface area contributed by atoms with Crippen LogP contribution in [0.25, 0.3) is 0 Å². The lowest BCUT2D eigenvalue weighted by Crippen LogP contribution is -2.32. The fraction of sp³-hybridized carbons (Fsp3) is 0.364. The van der Waals surface area contributed by atoms with Crippen LogP contribution in [-0.2, 0) is 22.4 Å². The number of rotatable bonds is 7. The highest BCUT2D eigenvalue weighted by atomic mass is 16.5. The fourth-order valence-electron chi connectivity index (χ4n) is 3.48. The van der Waals surface area contributed by atoms with Crippen LogP contribution in [0, 0.1) is 12.8 Å². The zero-order valence-electron chi connectivity index (χ0n) is 15.9. The standard InChI is InChI=1S/C22H26N2O3/c1-15-7-9-20(27-2)17(13-15)11-12-23-21(25)10-8-18-14-16-5-3-4-6-19(16)24-22(18)26/h3-7,9,13,18H,8,10-12,14H2,1-2H3,(H,23,25)(H,24,26)/t18-/m0/s1. The average Bonchev–Trinajstić information content (AvgIpc) is 2.66. The van der Waals surface area contributed by atoms with Crippen molar-refractivity contribution in [3.63, 3.8) is 0 Å². The third-order valence-corrected chi connectivity index (χ3v) is 4.98. The van der Waals surface area contributed by atoms with Gasteiger partial charge in [0.05, 0.1) is 7.11 Å². The van der Waals surface area contributed by atoms with E-state index >= 15 is 0 Å². The quantitative estimate of drug-likeness (QED) is 0.790. The van der Waals surface area contributed by atoms with Crippen LogP contribution < -0.4 is 15.4 Å². The Morgan fingerprint density at radius 2 is 2.07 bits per heavy atom. The molecule has 27 heavy (non-hydrogen) atoms. The van der Waals surface area contributed by atoms with Gasteiger partial charge in [0.25, 0.3) is 0 Å². The molecule has 0 saturated heterocycles. The number of fused-ring (bicyclic) bond motifs is 1. The van der Waals surface area contributed by atoms with E-state index in [4.69, 9.17) is 4.74 Å². The zero-order chi connectivity index (χ0) is 19.2. The predicted molar refractivity (Wildman–Crippen MR) is 106 cm³/mol. The highest BCUT2D eigenvalue weighted by Crippen LogP contribution is 2.27. The van der Waals surface area contributed by atoms with Crippen molar-refractivity contribution >= 4 is 17.5 Å². The number of benzene rings is 2. The van der Waals surface area contributed by atoms with Gasteiger partial charge in [-0.05, 0) is 49.4 Å². The molecule has 0 saturated carbocycles. The minimum Gasteiger partial charge on any atom is -0.496 e. The number of para-hydroxylation sites is 1. The molecule has 2 aromatic carbocycles. The first-order valence-electron chi connectivity index (χ1n) is 9.36. The van der Waals surface area contributed by atoms with E-state index in [0.29, 0.717) is 32.2 Å². The zero-order valence-corrected chi connectivity index (χ0v) is 15.9. The normalized spacial score (nSPS) is 15.6. The Labute approximate surface area is 160 Å². The largest absolute Gasteiger partial charge is 0.496 e. The second-order valence-electron chi connectivity index (χ2n) is 7.00. The number of carbonyl (C=O) groups excluding carboxylic acids is 2. The van der Waals surface area contributed by atoms with E-state index < -0.39 is 0 Å². The number of carbonyl (C=O) groups is 2. The van der Waals surface area contributed by atoms with Gasteiger partial charge in [-0.15, -0.1) is 0 Å². The lowest BCUT2D eigenvalue weighted by atomic mass is 9.89. The Kier molecular flexibility index (Phi) is 6.12. The van der Waals surface area contributed by atoms with E-state index in [-0.39, 0.29) is 17.7 Å². The molecule has 5 heteroatoms. The molecule has 0 aromatic heterocycles. The summed E-state index contributed by atoms with van der Waals surface area (Å²) in [6, 6.07) is 13.9. The highest BCUT2D eigenvalue weighted by molar-refractivity contribution is 5.96. The monoisotopic (exact) mass is 366 g/mol. The second kappa shape index (κ2) is 8.71. The van der Waals surface area contributed by atoms with Crippen LogP contribution in [0.5, 0.6) is 5.75 Å². The van der Waals surface area contributed by atoms with Crippen molar-refractivity contribution in [3.8, 4) is 5.75 Å². The van der Waals surface area contributed by atoms with E-state index in [2.05, 4.69) is 16.7 Å². The predicted octanol–water partition coefficient (Wildman–Crippen LogP) is 3.25. The number of methoxy groups -OCH3 is 1. The first kappa shape index (κ1) is 19.0. The number of aryl methyl sites for hydroxylation is 1. The molecule has 1 atom stereocenters. The van der Waals surface area contributed by atoms with Crippen LogP contribution in [0.3, 0.4) is 0 Å². The summed E-state index contributed by atoms with van der Waals surface area (Å²) >= 11 is 0. The van der Waals surface area contributed by atoms with Crippen LogP contribution >= 0.6 is 0 Å². The summed E-state index contributed by atoms with van der Waals surface area (Å²) in [6.45, 7) is 2.59. The Morgan fingerprint density at radius 3 is 2.89 bits per heavy atom. The molecule has 2 N–H and O–H groups in total. The molecule has 1 aliphatic rings. The number of hydrogen-bond acceptors (Lipinski definition) is 3. The third kappa shape index (κ3) is 4.88. The SMILES string of the molecule is COc1ccc(C)cc1CCNC(=O)CC[C@H]1Cc2ccccc2NC1=O. The number of nitrogens with one attached hydrogen (secondary N) is 2. The van der Waals surface area contributed by atoms with Crippen molar-refractivity contribution in [3.05, 3.63) is 59.2 Å². The van der Waals surface area contributed by atoms with Crippen molar-refractivity contribution in [2.24, 2.45) is 5.92 Å². The maximum atomic E-state index is 12.2. The van der Waals surface area contributed by atoms with Gasteiger partial charge in [-0.1, -0.05) is 35.9 Å². The van der Waals surface area contributed by atoms with Crippen LogP contribution in [-0.4, -0.2) is 25.5 Å². The molecule has 2 aromatic rings. The van der Waals surface area contributed by atoms with Gasteiger partial charge in [-0.25, -0.2) is 0 Å². The van der Waals surface area contributed by atoms with Gasteiger partial charge >= 0.3 is 0 Å². The second-order valence-corrected chi connectivity index (χ2v) is 7.00. The number of amides is 2. The molecule has 0 radical (unpaired) electrons. The molecule has 0 bridgehead atoms. The summed E-state index contributed by atoms with van der Waals surface area (Å²) in [5.74, 6) is 0.675. The van der Waals surface area contributed by atoms with Gasteiger partial charge in [0, 0.05) is 24.6 Å². The molecular formula is C22H26N2O3. The van der Waals surface area contributed by atoms with Gasteiger partial charge in [0.15, 0.2) is 0 Å². The lowest BCUT2D eigenvalue weighted by molar-refractivity contribution is -0.122. The summed E-state index contributed by atoms with van der Waals surface area (Å²) in [5, 5.41) is 5.88. The number of ether oxygens (including phenoxy) is 1. The topological polar surface area (TPSA) is 67.4 Å². The average molecular weight is 366 g/mol. The number of hydrogen-bond donors (Lipinski definition) is 2. The lowest BCUT2D eigenvalue weighted by Gasteiger charge is -2.24. The molecule has 142 valence electrons. The molecule has 1 heterocycles. The minimum absolute atomic E-state index is 0.00555. The third-order valence-electron chi connectivity index (χ3n) is 4.98. The van der Waals surface area contributed by atoms with Crippen LogP contribution in [0.2, 0.25) is 0 Å². The first-order valence-corrected chi connectivity index (χ1v) is 9.36. The van der Waals surface area contributed by atoms with Crippen molar-refractivity contribution < 1.29 is 14.3 Å². The van der Waals surface area contributed by atoms with Gasteiger partial charge < -0.3 is 15.4 Å². The maximum Gasteiger partial charge on any atom is 0.227 e. The highest BCUT2D eigenvalue weighted by Gasteiger charge is 2.26. The van der Waals surface area contributed by atoms with E-state index in [1.54, 1.807) is 7.11 Å². The van der Waals surface area contributed by atoms with Crippen LogP contribution in [0.1, 0.15) is 29.5 Å². The molecule has 0 fully saturated rings. The van der Waals surface area contributed by atoms with Gasteiger partial charge in [-0.2, -0.15) is 0 Å². The Balaban J connectivity index is 1.45. The minimum atomic E-state index is -0.150. The maximum absolute atomic E-state index is 12.2. The van der Waals surface area contributed by atoms with Gasteiger partial charge in [-0.3, -0.25) is 9.59 Å². The molecule has 0 unspecified atom stereocenters. The summed E-state index contributed by atoms with van der Waals surface area (Å²) in [5.41, 5.74) is 4.27. The first-order chi connectivity index (χ1) is 13.1. The van der Waals surface area contributed by atoms with Crippen molar-refractivity contribution in [2.75, 3.05) is 19.0 Å². The Bertz CT molecular complexity index is 832. The molecule has 0 spiro atoms. The Hall–Kier alpha value is -2.82. The van der Waals surface area contributed by atoms with Crippen molar-refractivity contribution in [1.29, 1.82) is 0 Å². The molecular weight excluding hydrogens is 340 g/mol. The van der Waals surface area contributed by atoms with Crippen LogP contribution in [0.15, 0.2) is 42.5 Å². The summed E-state index contributed by atoms with van der Waals surface area (Å²) in [7, 11) is 1.65. The molecule has 5 nitrogen and oxygen atoms in total.